The lowest BCUT2D eigenvalue weighted by Gasteiger charge is -2.21. The van der Waals surface area contributed by atoms with Gasteiger partial charge in [0.25, 0.3) is 0 Å². The van der Waals surface area contributed by atoms with Crippen LogP contribution in [0, 0.1) is 0 Å². The summed E-state index contributed by atoms with van der Waals surface area (Å²) in [4.78, 5) is 0. The Balaban J connectivity index is 1.64. The summed E-state index contributed by atoms with van der Waals surface area (Å²) in [5.41, 5.74) is 2.46. The van der Waals surface area contributed by atoms with Crippen LogP contribution in [0.2, 0.25) is 0 Å². The van der Waals surface area contributed by atoms with Crippen LogP contribution in [-0.2, 0) is 20.0 Å². The van der Waals surface area contributed by atoms with Crippen molar-refractivity contribution < 1.29 is 26.3 Å². The molecule has 4 rings (SSSR count). The van der Waals surface area contributed by atoms with Crippen LogP contribution in [0.15, 0.2) is 47.6 Å². The number of benzene rings is 2. The van der Waals surface area contributed by atoms with Gasteiger partial charge in [0.2, 0.25) is 26.8 Å². The molecule has 2 aromatic carbocycles. The molecular formula is C18H19N3O6S2. The molecule has 2 aromatic rings. The third-order valence-electron chi connectivity index (χ3n) is 4.52. The molecule has 0 fully saturated rings. The second-order valence-corrected chi connectivity index (χ2v) is 10.5. The summed E-state index contributed by atoms with van der Waals surface area (Å²) in [6.45, 7) is 0.134. The number of ether oxygens (including phenoxy) is 2. The van der Waals surface area contributed by atoms with E-state index in [0.29, 0.717) is 34.9 Å². The standard InChI is InChI=1S/C18H19N3O6S2/c1-28(22,23)20-14-6-3-12(4-7-14)15-10-16(21(19-15)29(2,24)25)13-5-8-17-18(9-13)27-11-26-17/h3-9,16,20H,10-11H2,1-2H3/t16-/m1/s1. The molecule has 0 spiro atoms. The lowest BCUT2D eigenvalue weighted by molar-refractivity contribution is 0.174. The van der Waals surface area contributed by atoms with Crippen LogP contribution < -0.4 is 14.2 Å². The molecule has 2 heterocycles. The van der Waals surface area contributed by atoms with Crippen LogP contribution in [0.4, 0.5) is 5.69 Å². The van der Waals surface area contributed by atoms with Crippen molar-refractivity contribution in [1.29, 1.82) is 0 Å². The minimum atomic E-state index is -3.60. The Morgan fingerprint density at radius 3 is 2.34 bits per heavy atom. The van der Waals surface area contributed by atoms with Crippen LogP contribution in [0.5, 0.6) is 11.5 Å². The summed E-state index contributed by atoms with van der Waals surface area (Å²) < 4.78 is 61.6. The molecule has 2 aliphatic rings. The third kappa shape index (κ3) is 4.15. The number of anilines is 1. The predicted molar refractivity (Wildman–Crippen MR) is 108 cm³/mol. The van der Waals surface area contributed by atoms with E-state index in [9.17, 15) is 16.8 Å². The van der Waals surface area contributed by atoms with Gasteiger partial charge in [0, 0.05) is 12.1 Å². The van der Waals surface area contributed by atoms with Crippen molar-refractivity contribution in [3.8, 4) is 11.5 Å². The van der Waals surface area contributed by atoms with Gasteiger partial charge in [-0.3, -0.25) is 4.72 Å². The van der Waals surface area contributed by atoms with Gasteiger partial charge < -0.3 is 9.47 Å². The fourth-order valence-electron chi connectivity index (χ4n) is 3.28. The number of nitrogens with one attached hydrogen (secondary N) is 1. The fraction of sp³-hybridized carbons (Fsp3) is 0.278. The predicted octanol–water partition coefficient (Wildman–Crippen LogP) is 1.90. The van der Waals surface area contributed by atoms with Crippen molar-refractivity contribution >= 4 is 31.4 Å². The summed E-state index contributed by atoms with van der Waals surface area (Å²) in [6, 6.07) is 11.4. The van der Waals surface area contributed by atoms with E-state index in [2.05, 4.69) is 9.82 Å². The molecule has 154 valence electrons. The Morgan fingerprint density at radius 2 is 1.69 bits per heavy atom. The van der Waals surface area contributed by atoms with Gasteiger partial charge in [-0.25, -0.2) is 16.8 Å². The van der Waals surface area contributed by atoms with E-state index in [4.69, 9.17) is 9.47 Å². The zero-order chi connectivity index (χ0) is 20.8. The average Bonchev–Trinajstić information content (AvgIpc) is 3.27. The lowest BCUT2D eigenvalue weighted by Crippen LogP contribution is -2.25. The highest BCUT2D eigenvalue weighted by Gasteiger charge is 2.35. The molecular weight excluding hydrogens is 418 g/mol. The number of sulfonamides is 2. The van der Waals surface area contributed by atoms with Crippen LogP contribution in [0.1, 0.15) is 23.6 Å². The summed E-state index contributed by atoms with van der Waals surface area (Å²) >= 11 is 0. The molecule has 0 aromatic heterocycles. The highest BCUT2D eigenvalue weighted by molar-refractivity contribution is 7.92. The number of nitrogens with zero attached hydrogens (tertiary/aromatic N) is 2. The highest BCUT2D eigenvalue weighted by atomic mass is 32.2. The van der Waals surface area contributed by atoms with Crippen molar-refractivity contribution in [2.24, 2.45) is 5.10 Å². The Morgan fingerprint density at radius 1 is 1.00 bits per heavy atom. The van der Waals surface area contributed by atoms with Gasteiger partial charge in [0.1, 0.15) is 0 Å². The Kier molecular flexibility index (Phi) is 4.66. The normalized spacial score (nSPS) is 18.6. The van der Waals surface area contributed by atoms with E-state index in [1.54, 1.807) is 42.5 Å². The minimum Gasteiger partial charge on any atom is -0.454 e. The minimum absolute atomic E-state index is 0.134. The molecule has 0 saturated carbocycles. The molecule has 0 bridgehead atoms. The average molecular weight is 437 g/mol. The van der Waals surface area contributed by atoms with E-state index < -0.39 is 26.1 Å². The fourth-order valence-corrected chi connectivity index (χ4v) is 4.75. The van der Waals surface area contributed by atoms with Crippen LogP contribution >= 0.6 is 0 Å². The maximum Gasteiger partial charge on any atom is 0.247 e. The van der Waals surface area contributed by atoms with E-state index in [1.807, 2.05) is 0 Å². The zero-order valence-corrected chi connectivity index (χ0v) is 17.3. The smallest absolute Gasteiger partial charge is 0.247 e. The number of hydrogen-bond donors (Lipinski definition) is 1. The quantitative estimate of drug-likeness (QED) is 0.764. The molecule has 0 saturated heterocycles. The van der Waals surface area contributed by atoms with Gasteiger partial charge in [-0.1, -0.05) is 18.2 Å². The molecule has 2 aliphatic heterocycles. The van der Waals surface area contributed by atoms with E-state index in [1.165, 1.54) is 0 Å². The molecule has 0 radical (unpaired) electrons. The molecule has 29 heavy (non-hydrogen) atoms. The molecule has 0 unspecified atom stereocenters. The first kappa shape index (κ1) is 19.5. The Labute approximate surface area is 169 Å². The summed E-state index contributed by atoms with van der Waals surface area (Å²) in [5.74, 6) is 1.19. The van der Waals surface area contributed by atoms with Crippen molar-refractivity contribution in [3.63, 3.8) is 0 Å². The van der Waals surface area contributed by atoms with Crippen molar-refractivity contribution in [3.05, 3.63) is 53.6 Å². The highest BCUT2D eigenvalue weighted by Crippen LogP contribution is 2.40. The largest absolute Gasteiger partial charge is 0.454 e. The van der Waals surface area contributed by atoms with Crippen LogP contribution in [0.3, 0.4) is 0 Å². The first-order valence-electron chi connectivity index (χ1n) is 8.65. The maximum atomic E-state index is 12.3. The van der Waals surface area contributed by atoms with E-state index in [-0.39, 0.29) is 6.79 Å². The van der Waals surface area contributed by atoms with Gasteiger partial charge in [0.05, 0.1) is 24.3 Å². The second-order valence-electron chi connectivity index (χ2n) is 6.87. The topological polar surface area (TPSA) is 114 Å². The molecule has 0 aliphatic carbocycles. The SMILES string of the molecule is CS(=O)(=O)Nc1ccc(C2=NN(S(C)(=O)=O)[C@@H](c3ccc4c(c3)OCO4)C2)cc1. The third-order valence-corrected chi connectivity index (χ3v) is 6.14. The summed E-state index contributed by atoms with van der Waals surface area (Å²) in [6.07, 6.45) is 2.55. The monoisotopic (exact) mass is 437 g/mol. The Bertz CT molecular complexity index is 1190. The molecule has 9 nitrogen and oxygen atoms in total. The van der Waals surface area contributed by atoms with Crippen molar-refractivity contribution in [2.75, 3.05) is 24.0 Å². The van der Waals surface area contributed by atoms with Crippen LogP contribution in [-0.4, -0.2) is 46.3 Å². The first-order valence-corrected chi connectivity index (χ1v) is 12.4. The van der Waals surface area contributed by atoms with Gasteiger partial charge in [-0.05, 0) is 35.4 Å². The van der Waals surface area contributed by atoms with E-state index in [0.717, 1.165) is 22.5 Å². The van der Waals surface area contributed by atoms with Crippen molar-refractivity contribution in [1.82, 2.24) is 4.41 Å². The summed E-state index contributed by atoms with van der Waals surface area (Å²) in [7, 11) is -6.98. The van der Waals surface area contributed by atoms with Gasteiger partial charge in [-0.2, -0.15) is 9.52 Å². The molecule has 0 amide bonds. The maximum absolute atomic E-state index is 12.3. The number of rotatable bonds is 5. The molecule has 1 atom stereocenters. The van der Waals surface area contributed by atoms with Gasteiger partial charge in [-0.15, -0.1) is 0 Å². The molecule has 11 heteroatoms. The van der Waals surface area contributed by atoms with Gasteiger partial charge in [0.15, 0.2) is 11.5 Å². The summed E-state index contributed by atoms with van der Waals surface area (Å²) in [5, 5.41) is 4.34. The number of hydrazone groups is 1. The van der Waals surface area contributed by atoms with Gasteiger partial charge >= 0.3 is 0 Å². The second kappa shape index (κ2) is 6.92. The number of fused-ring (bicyclic) bond motifs is 1. The Hall–Kier alpha value is -2.79. The van der Waals surface area contributed by atoms with Crippen molar-refractivity contribution in [2.45, 2.75) is 12.5 Å². The lowest BCUT2D eigenvalue weighted by atomic mass is 9.98. The molecule has 1 N–H and O–H groups in total. The first-order chi connectivity index (χ1) is 13.6. The van der Waals surface area contributed by atoms with Crippen LogP contribution in [0.25, 0.3) is 0 Å². The zero-order valence-electron chi connectivity index (χ0n) is 15.7. The number of hydrogen-bond acceptors (Lipinski definition) is 7. The van der Waals surface area contributed by atoms with E-state index >= 15 is 0 Å².